The standard InChI is InChI=1S/C17H22N2O3S/c1-2-7-19-8-5-14-3-4-15(11-16(14)19)18-17(20)10-13-6-9-23(21,22)12-13/h3-5,8,11,13H,2,6-7,9-10,12H2,1H3,(H,18,20). The van der Waals surface area contributed by atoms with Gasteiger partial charge in [-0.2, -0.15) is 0 Å². The fraction of sp³-hybridized carbons (Fsp3) is 0.471. The maximum absolute atomic E-state index is 12.2. The Bertz CT molecular complexity index is 823. The molecular formula is C17H22N2O3S. The second kappa shape index (κ2) is 6.35. The summed E-state index contributed by atoms with van der Waals surface area (Å²) in [4.78, 5) is 12.2. The molecule has 3 rings (SSSR count). The smallest absolute Gasteiger partial charge is 0.224 e. The molecule has 6 heteroatoms. The van der Waals surface area contributed by atoms with Gasteiger partial charge >= 0.3 is 0 Å². The zero-order valence-corrected chi connectivity index (χ0v) is 14.1. The number of sulfone groups is 1. The Hall–Kier alpha value is -1.82. The Kier molecular flexibility index (Phi) is 4.43. The lowest BCUT2D eigenvalue weighted by Crippen LogP contribution is -2.17. The SMILES string of the molecule is CCCn1ccc2ccc(NC(=O)CC3CCS(=O)(=O)C3)cc21. The van der Waals surface area contributed by atoms with Crippen molar-refractivity contribution >= 4 is 32.3 Å². The van der Waals surface area contributed by atoms with E-state index in [0.717, 1.165) is 29.6 Å². The number of carbonyl (C=O) groups excluding carboxylic acids is 1. The highest BCUT2D eigenvalue weighted by molar-refractivity contribution is 7.91. The molecule has 0 bridgehead atoms. The molecule has 0 radical (unpaired) electrons. The second-order valence-corrected chi connectivity index (χ2v) is 8.53. The van der Waals surface area contributed by atoms with Crippen molar-refractivity contribution in [1.29, 1.82) is 0 Å². The van der Waals surface area contributed by atoms with E-state index >= 15 is 0 Å². The monoisotopic (exact) mass is 334 g/mol. The van der Waals surface area contributed by atoms with Crippen molar-refractivity contribution < 1.29 is 13.2 Å². The molecule has 1 saturated heterocycles. The summed E-state index contributed by atoms with van der Waals surface area (Å²) in [7, 11) is -2.93. The van der Waals surface area contributed by atoms with Crippen molar-refractivity contribution in [2.75, 3.05) is 16.8 Å². The van der Waals surface area contributed by atoms with Crippen LogP contribution >= 0.6 is 0 Å². The lowest BCUT2D eigenvalue weighted by atomic mass is 10.0. The predicted molar refractivity (Wildman–Crippen MR) is 92.2 cm³/mol. The first-order valence-electron chi connectivity index (χ1n) is 8.06. The molecule has 0 aliphatic carbocycles. The average Bonchev–Trinajstić information content (AvgIpc) is 3.03. The molecule has 124 valence electrons. The molecule has 2 aromatic rings. The number of benzene rings is 1. The van der Waals surface area contributed by atoms with Gasteiger partial charge in [0.05, 0.1) is 17.0 Å². The quantitative estimate of drug-likeness (QED) is 0.914. The number of nitrogens with one attached hydrogen (secondary N) is 1. The highest BCUT2D eigenvalue weighted by Crippen LogP contribution is 2.24. The molecule has 1 unspecified atom stereocenters. The zero-order chi connectivity index (χ0) is 16.4. The van der Waals surface area contributed by atoms with Crippen LogP contribution in [-0.4, -0.2) is 30.4 Å². The van der Waals surface area contributed by atoms with Gasteiger partial charge in [0.15, 0.2) is 9.84 Å². The third-order valence-corrected chi connectivity index (χ3v) is 6.16. The number of amides is 1. The van der Waals surface area contributed by atoms with Gasteiger partial charge in [-0.25, -0.2) is 8.42 Å². The fourth-order valence-electron chi connectivity index (χ4n) is 3.20. The highest BCUT2D eigenvalue weighted by Gasteiger charge is 2.29. The van der Waals surface area contributed by atoms with E-state index in [1.165, 1.54) is 0 Å². The Morgan fingerprint density at radius 2 is 2.17 bits per heavy atom. The minimum atomic E-state index is -2.93. The minimum Gasteiger partial charge on any atom is -0.347 e. The molecule has 1 aromatic heterocycles. The molecule has 1 N–H and O–H groups in total. The van der Waals surface area contributed by atoms with Crippen LogP contribution in [0, 0.1) is 5.92 Å². The fourth-order valence-corrected chi connectivity index (χ4v) is 5.07. The van der Waals surface area contributed by atoms with Crippen LogP contribution in [0.15, 0.2) is 30.5 Å². The molecule has 1 aromatic carbocycles. The Labute approximate surface area is 136 Å². The summed E-state index contributed by atoms with van der Waals surface area (Å²) < 4.78 is 25.1. The topological polar surface area (TPSA) is 68.2 Å². The van der Waals surface area contributed by atoms with Crippen molar-refractivity contribution in [3.63, 3.8) is 0 Å². The number of rotatable bonds is 5. The van der Waals surface area contributed by atoms with E-state index in [4.69, 9.17) is 0 Å². The van der Waals surface area contributed by atoms with E-state index in [1.807, 2.05) is 18.2 Å². The van der Waals surface area contributed by atoms with E-state index in [2.05, 4.69) is 29.1 Å². The maximum Gasteiger partial charge on any atom is 0.224 e. The van der Waals surface area contributed by atoms with Crippen molar-refractivity contribution in [3.8, 4) is 0 Å². The number of hydrogen-bond acceptors (Lipinski definition) is 3. The van der Waals surface area contributed by atoms with Gasteiger partial charge in [0, 0.05) is 24.8 Å². The van der Waals surface area contributed by atoms with Crippen LogP contribution in [0.1, 0.15) is 26.2 Å². The molecule has 23 heavy (non-hydrogen) atoms. The van der Waals surface area contributed by atoms with E-state index in [-0.39, 0.29) is 29.8 Å². The van der Waals surface area contributed by atoms with Gasteiger partial charge in [0.1, 0.15) is 0 Å². The highest BCUT2D eigenvalue weighted by atomic mass is 32.2. The number of fused-ring (bicyclic) bond motifs is 1. The molecule has 1 atom stereocenters. The van der Waals surface area contributed by atoms with E-state index in [1.54, 1.807) is 0 Å². The number of nitrogens with zero attached hydrogens (tertiary/aromatic N) is 1. The van der Waals surface area contributed by atoms with E-state index in [0.29, 0.717) is 6.42 Å². The zero-order valence-electron chi connectivity index (χ0n) is 13.3. The Morgan fingerprint density at radius 1 is 1.35 bits per heavy atom. The van der Waals surface area contributed by atoms with Crippen LogP contribution in [0.5, 0.6) is 0 Å². The Morgan fingerprint density at radius 3 is 2.87 bits per heavy atom. The molecule has 2 heterocycles. The van der Waals surface area contributed by atoms with Crippen LogP contribution in [0.4, 0.5) is 5.69 Å². The lowest BCUT2D eigenvalue weighted by Gasteiger charge is -2.10. The summed E-state index contributed by atoms with van der Waals surface area (Å²) in [6.07, 6.45) is 3.97. The largest absolute Gasteiger partial charge is 0.347 e. The van der Waals surface area contributed by atoms with Gasteiger partial charge in [-0.15, -0.1) is 0 Å². The molecule has 1 fully saturated rings. The molecule has 1 aliphatic heterocycles. The first kappa shape index (κ1) is 16.1. The average molecular weight is 334 g/mol. The predicted octanol–water partition coefficient (Wildman–Crippen LogP) is 2.81. The van der Waals surface area contributed by atoms with Gasteiger partial charge in [0.2, 0.25) is 5.91 Å². The molecule has 1 aliphatic rings. The van der Waals surface area contributed by atoms with Crippen molar-refractivity contribution in [3.05, 3.63) is 30.5 Å². The summed E-state index contributed by atoms with van der Waals surface area (Å²) in [6.45, 7) is 3.08. The van der Waals surface area contributed by atoms with Crippen LogP contribution in [0.2, 0.25) is 0 Å². The minimum absolute atomic E-state index is 0.0484. The summed E-state index contributed by atoms with van der Waals surface area (Å²) >= 11 is 0. The van der Waals surface area contributed by atoms with Gasteiger partial charge in [-0.1, -0.05) is 13.0 Å². The third kappa shape index (κ3) is 3.75. The van der Waals surface area contributed by atoms with Crippen LogP contribution in [-0.2, 0) is 21.2 Å². The number of anilines is 1. The second-order valence-electron chi connectivity index (χ2n) is 6.30. The maximum atomic E-state index is 12.2. The summed E-state index contributed by atoms with van der Waals surface area (Å²) in [6, 6.07) is 7.94. The number of hydrogen-bond donors (Lipinski definition) is 1. The number of aromatic nitrogens is 1. The number of aryl methyl sites for hydroxylation is 1. The first-order chi connectivity index (χ1) is 11.0. The van der Waals surface area contributed by atoms with Gasteiger partial charge < -0.3 is 9.88 Å². The third-order valence-electron chi connectivity index (χ3n) is 4.32. The van der Waals surface area contributed by atoms with Crippen LogP contribution < -0.4 is 5.32 Å². The number of carbonyl (C=O) groups is 1. The summed E-state index contributed by atoms with van der Waals surface area (Å²) in [5.74, 6) is 0.188. The lowest BCUT2D eigenvalue weighted by molar-refractivity contribution is -0.116. The normalized spacial score (nSPS) is 20.0. The van der Waals surface area contributed by atoms with Crippen molar-refractivity contribution in [2.45, 2.75) is 32.7 Å². The molecule has 5 nitrogen and oxygen atoms in total. The summed E-state index contributed by atoms with van der Waals surface area (Å²) in [5, 5.41) is 4.05. The molecule has 0 saturated carbocycles. The van der Waals surface area contributed by atoms with Crippen LogP contribution in [0.25, 0.3) is 10.9 Å². The van der Waals surface area contributed by atoms with E-state index < -0.39 is 9.84 Å². The molecule has 1 amide bonds. The molecular weight excluding hydrogens is 312 g/mol. The van der Waals surface area contributed by atoms with Gasteiger partial charge in [-0.05, 0) is 42.3 Å². The van der Waals surface area contributed by atoms with Crippen LogP contribution in [0.3, 0.4) is 0 Å². The van der Waals surface area contributed by atoms with Gasteiger partial charge in [-0.3, -0.25) is 4.79 Å². The van der Waals surface area contributed by atoms with Gasteiger partial charge in [0.25, 0.3) is 0 Å². The molecule has 0 spiro atoms. The first-order valence-corrected chi connectivity index (χ1v) is 9.88. The van der Waals surface area contributed by atoms with E-state index in [9.17, 15) is 13.2 Å². The van der Waals surface area contributed by atoms with Crippen molar-refractivity contribution in [2.24, 2.45) is 5.92 Å². The summed E-state index contributed by atoms with van der Waals surface area (Å²) in [5.41, 5.74) is 1.87. The Balaban J connectivity index is 1.68. The van der Waals surface area contributed by atoms with Crippen molar-refractivity contribution in [1.82, 2.24) is 4.57 Å².